The van der Waals surface area contributed by atoms with Crippen molar-refractivity contribution in [2.24, 2.45) is 11.1 Å². The number of pyridine rings is 1. The second-order valence-corrected chi connectivity index (χ2v) is 11.9. The van der Waals surface area contributed by atoms with E-state index in [9.17, 15) is 0 Å². The molecule has 234 valence electrons. The second kappa shape index (κ2) is 15.7. The van der Waals surface area contributed by atoms with Gasteiger partial charge in [-0.15, -0.1) is 0 Å². The molecule has 5 rings (SSSR count). The first-order valence-corrected chi connectivity index (χ1v) is 15.7. The highest BCUT2D eigenvalue weighted by atomic mass is 16.5. The van der Waals surface area contributed by atoms with E-state index >= 15 is 0 Å². The van der Waals surface area contributed by atoms with Gasteiger partial charge in [-0.2, -0.15) is 4.98 Å². The highest BCUT2D eigenvalue weighted by molar-refractivity contribution is 5.86. The van der Waals surface area contributed by atoms with Gasteiger partial charge >= 0.3 is 0 Å². The fourth-order valence-corrected chi connectivity index (χ4v) is 6.00. The highest BCUT2D eigenvalue weighted by Crippen LogP contribution is 2.40. The van der Waals surface area contributed by atoms with Gasteiger partial charge in [-0.1, -0.05) is 37.6 Å². The number of rotatable bonds is 19. The predicted molar refractivity (Wildman–Crippen MR) is 170 cm³/mol. The van der Waals surface area contributed by atoms with E-state index in [-0.39, 0.29) is 5.95 Å². The average molecular weight is 593 g/mol. The number of hydrogen-bond donors (Lipinski definition) is 3. The summed E-state index contributed by atoms with van der Waals surface area (Å²) in [4.78, 5) is 18.7. The van der Waals surface area contributed by atoms with Crippen LogP contribution in [0, 0.1) is 5.41 Å². The number of hydrogen-bond acceptors (Lipinski definition) is 11. The molecule has 2 aliphatic heterocycles. The Morgan fingerprint density at radius 2 is 1.49 bits per heavy atom. The molecule has 0 unspecified atom stereocenters. The topological polar surface area (TPSA) is 137 Å². The van der Waals surface area contributed by atoms with Crippen molar-refractivity contribution in [1.29, 1.82) is 0 Å². The fraction of sp³-hybridized carbons (Fsp3) is 0.594. The summed E-state index contributed by atoms with van der Waals surface area (Å²) in [6, 6.07) is 13.0. The molecule has 0 aliphatic carbocycles. The van der Waals surface area contributed by atoms with E-state index in [1.807, 2.05) is 12.1 Å². The van der Waals surface area contributed by atoms with Crippen molar-refractivity contribution >= 4 is 22.8 Å². The third-order valence-electron chi connectivity index (χ3n) is 8.05. The zero-order valence-corrected chi connectivity index (χ0v) is 25.6. The molecule has 0 amide bonds. The summed E-state index contributed by atoms with van der Waals surface area (Å²) in [5, 5.41) is 3.38. The molecule has 0 bridgehead atoms. The monoisotopic (exact) mass is 592 g/mol. The number of ether oxygens (including phenoxy) is 3. The van der Waals surface area contributed by atoms with Crippen molar-refractivity contribution in [1.82, 2.24) is 24.8 Å². The van der Waals surface area contributed by atoms with Crippen LogP contribution in [0.25, 0.3) is 11.0 Å². The zero-order chi connectivity index (χ0) is 29.9. The molecule has 0 radical (unpaired) electrons. The van der Waals surface area contributed by atoms with Gasteiger partial charge in [0.15, 0.2) is 5.82 Å². The van der Waals surface area contributed by atoms with Gasteiger partial charge in [0.05, 0.1) is 45.2 Å². The number of aromatic nitrogens is 3. The van der Waals surface area contributed by atoms with Crippen LogP contribution in [0.4, 0.5) is 11.8 Å². The number of benzene rings is 1. The lowest BCUT2D eigenvalue weighted by Crippen LogP contribution is -2.71. The van der Waals surface area contributed by atoms with Crippen LogP contribution in [0.5, 0.6) is 0 Å². The first kappa shape index (κ1) is 31.5. The van der Waals surface area contributed by atoms with Crippen molar-refractivity contribution in [3.05, 3.63) is 53.2 Å². The number of nitrogens with zero attached hydrogens (tertiary/aromatic N) is 5. The molecule has 2 aromatic heterocycles. The Bertz CT molecular complexity index is 1280. The molecule has 43 heavy (non-hydrogen) atoms. The molecule has 2 saturated heterocycles. The van der Waals surface area contributed by atoms with Gasteiger partial charge in [0.2, 0.25) is 5.95 Å². The number of fused-ring (bicyclic) bond motifs is 1. The largest absolute Gasteiger partial charge is 0.378 e. The summed E-state index contributed by atoms with van der Waals surface area (Å²) in [5.74, 6) is 0.981. The quantitative estimate of drug-likeness (QED) is 0.177. The number of likely N-dealkylation sites (tertiary alicyclic amines) is 2. The van der Waals surface area contributed by atoms with E-state index in [1.54, 1.807) is 0 Å². The van der Waals surface area contributed by atoms with Crippen LogP contribution >= 0.6 is 0 Å². The minimum atomic E-state index is 0.267. The van der Waals surface area contributed by atoms with Gasteiger partial charge in [-0.25, -0.2) is 9.97 Å². The van der Waals surface area contributed by atoms with Crippen LogP contribution < -0.4 is 16.8 Å². The Labute approximate surface area is 255 Å². The Hall–Kier alpha value is -2.93. The summed E-state index contributed by atoms with van der Waals surface area (Å²) in [6.45, 7) is 14.0. The molecule has 1 aromatic carbocycles. The average Bonchev–Trinajstić information content (AvgIpc) is 2.96. The van der Waals surface area contributed by atoms with Gasteiger partial charge in [0.25, 0.3) is 0 Å². The molecular weight excluding hydrogens is 544 g/mol. The van der Waals surface area contributed by atoms with Crippen LogP contribution in [0.2, 0.25) is 0 Å². The molecule has 0 saturated carbocycles. The fourth-order valence-electron chi connectivity index (χ4n) is 6.00. The first-order valence-electron chi connectivity index (χ1n) is 15.7. The van der Waals surface area contributed by atoms with E-state index in [0.29, 0.717) is 50.8 Å². The minimum Gasteiger partial charge on any atom is -0.378 e. The number of anilines is 2. The lowest BCUT2D eigenvalue weighted by Gasteiger charge is -2.60. The first-order chi connectivity index (χ1) is 21.1. The second-order valence-electron chi connectivity index (χ2n) is 11.9. The van der Waals surface area contributed by atoms with Gasteiger partial charge in [-0.3, -0.25) is 9.80 Å². The lowest BCUT2D eigenvalue weighted by atomic mass is 9.72. The van der Waals surface area contributed by atoms with Gasteiger partial charge < -0.3 is 31.0 Å². The molecule has 5 N–H and O–H groups in total. The van der Waals surface area contributed by atoms with Crippen LogP contribution in [0.3, 0.4) is 0 Å². The maximum absolute atomic E-state index is 5.92. The molecule has 11 heteroatoms. The summed E-state index contributed by atoms with van der Waals surface area (Å²) >= 11 is 0. The van der Waals surface area contributed by atoms with Crippen LogP contribution in [-0.4, -0.2) is 110 Å². The van der Waals surface area contributed by atoms with E-state index in [1.165, 1.54) is 37.3 Å². The maximum Gasteiger partial charge on any atom is 0.222 e. The van der Waals surface area contributed by atoms with Gasteiger partial charge in [0, 0.05) is 69.9 Å². The van der Waals surface area contributed by atoms with Crippen molar-refractivity contribution in [3.8, 4) is 0 Å². The summed E-state index contributed by atoms with van der Waals surface area (Å²) in [7, 11) is 0. The van der Waals surface area contributed by atoms with Crippen molar-refractivity contribution in [3.63, 3.8) is 0 Å². The molecular formula is C32H48N8O3. The number of nitrogens with two attached hydrogens (primary N) is 2. The predicted octanol–water partition coefficient (Wildman–Crippen LogP) is 2.54. The summed E-state index contributed by atoms with van der Waals surface area (Å²) in [5.41, 5.74) is 16.9. The van der Waals surface area contributed by atoms with Crippen LogP contribution in [0.1, 0.15) is 36.6 Å². The van der Waals surface area contributed by atoms with Gasteiger partial charge in [-0.05, 0) is 29.7 Å². The van der Waals surface area contributed by atoms with Gasteiger partial charge in [0.1, 0.15) is 5.52 Å². The molecule has 2 fully saturated rings. The smallest absolute Gasteiger partial charge is 0.222 e. The highest BCUT2D eigenvalue weighted by Gasteiger charge is 2.50. The third kappa shape index (κ3) is 9.04. The Morgan fingerprint density at radius 1 is 0.814 bits per heavy atom. The van der Waals surface area contributed by atoms with E-state index in [2.05, 4.69) is 56.3 Å². The minimum absolute atomic E-state index is 0.267. The Morgan fingerprint density at radius 3 is 2.21 bits per heavy atom. The SMILES string of the molecule is CCCCNc1nc(N)nc2ccc(Cc3ccc(CN4CC5(CN(CCOCCOCCOCCN)C5)C4)cc3)nc12. The molecule has 2 aliphatic rings. The number of unbranched alkanes of at least 4 members (excludes halogenated alkanes) is 1. The number of nitrogens with one attached hydrogen (secondary N) is 1. The molecule has 11 nitrogen and oxygen atoms in total. The lowest BCUT2D eigenvalue weighted by molar-refractivity contribution is -0.123. The summed E-state index contributed by atoms with van der Waals surface area (Å²) < 4.78 is 16.5. The Kier molecular flexibility index (Phi) is 11.5. The van der Waals surface area contributed by atoms with Crippen LogP contribution in [0.15, 0.2) is 36.4 Å². The van der Waals surface area contributed by atoms with E-state index in [4.69, 9.17) is 30.7 Å². The van der Waals surface area contributed by atoms with E-state index < -0.39 is 0 Å². The molecule has 3 aromatic rings. The van der Waals surface area contributed by atoms with Crippen molar-refractivity contribution in [2.75, 3.05) is 96.5 Å². The normalized spacial score (nSPS) is 16.4. The molecule has 1 spiro atoms. The molecule has 4 heterocycles. The third-order valence-corrected chi connectivity index (χ3v) is 8.05. The summed E-state index contributed by atoms with van der Waals surface area (Å²) in [6.07, 6.45) is 2.94. The van der Waals surface area contributed by atoms with Crippen LogP contribution in [-0.2, 0) is 27.2 Å². The van der Waals surface area contributed by atoms with Crippen molar-refractivity contribution < 1.29 is 14.2 Å². The zero-order valence-electron chi connectivity index (χ0n) is 25.6. The van der Waals surface area contributed by atoms with Crippen molar-refractivity contribution in [2.45, 2.75) is 32.7 Å². The standard InChI is InChI=1S/C32H48N8O3/c1-2-3-11-35-30-29-28(37-31(34)38-30)9-8-27(36-29)19-25-4-6-26(7-5-25)20-40-23-32(24-40)21-39(22-32)12-14-42-16-18-43-17-15-41-13-10-33/h4-9H,2-3,10-24,33H2,1H3,(H3,34,35,37,38). The van der Waals surface area contributed by atoms with E-state index in [0.717, 1.165) is 62.2 Å². The Balaban J connectivity index is 0.988. The maximum atomic E-state index is 5.92. The number of nitrogen functional groups attached to an aromatic ring is 1. The molecule has 0 atom stereocenters.